The van der Waals surface area contributed by atoms with E-state index in [1.54, 1.807) is 0 Å². The van der Waals surface area contributed by atoms with Crippen molar-refractivity contribution in [1.29, 1.82) is 0 Å². The third-order valence-electron chi connectivity index (χ3n) is 4.87. The van der Waals surface area contributed by atoms with Gasteiger partial charge in [0.25, 0.3) is 0 Å². The van der Waals surface area contributed by atoms with Crippen LogP contribution < -0.4 is 5.73 Å². The molecule has 1 fully saturated rings. The molecule has 3 rings (SSSR count). The second kappa shape index (κ2) is 6.81. The van der Waals surface area contributed by atoms with Crippen LogP contribution in [0.4, 0.5) is 0 Å². The minimum Gasteiger partial charge on any atom is -0.324 e. The fraction of sp³-hybridized carbons (Fsp3) is 0.474. The molecule has 0 heterocycles. The van der Waals surface area contributed by atoms with Crippen molar-refractivity contribution >= 4 is 22.4 Å². The summed E-state index contributed by atoms with van der Waals surface area (Å²) in [6.45, 7) is 0. The predicted molar refractivity (Wildman–Crippen MR) is 91.7 cm³/mol. The van der Waals surface area contributed by atoms with Gasteiger partial charge >= 0.3 is 0 Å². The number of benzene rings is 2. The average Bonchev–Trinajstić information content (AvgIpc) is 2.76. The standard InChI is InChI=1S/C19H24ClN/c20-18-12-11-17(15-9-5-6-10-16(15)18)19(21)13-14-7-3-1-2-4-8-14/h5-6,9-12,14,19H,1-4,7-8,13,21H2. The molecule has 21 heavy (non-hydrogen) atoms. The smallest absolute Gasteiger partial charge is 0.0484 e. The highest BCUT2D eigenvalue weighted by molar-refractivity contribution is 6.35. The molecule has 0 bridgehead atoms. The van der Waals surface area contributed by atoms with Gasteiger partial charge in [0.2, 0.25) is 0 Å². The molecule has 2 aromatic carbocycles. The lowest BCUT2D eigenvalue weighted by Crippen LogP contribution is -2.15. The first kappa shape index (κ1) is 14.9. The highest BCUT2D eigenvalue weighted by atomic mass is 35.5. The third-order valence-corrected chi connectivity index (χ3v) is 5.20. The van der Waals surface area contributed by atoms with Crippen molar-refractivity contribution in [3.8, 4) is 0 Å². The van der Waals surface area contributed by atoms with Crippen LogP contribution in [0.2, 0.25) is 5.02 Å². The summed E-state index contributed by atoms with van der Waals surface area (Å²) in [6, 6.07) is 12.6. The van der Waals surface area contributed by atoms with Crippen molar-refractivity contribution in [2.24, 2.45) is 11.7 Å². The largest absolute Gasteiger partial charge is 0.324 e. The minimum absolute atomic E-state index is 0.121. The van der Waals surface area contributed by atoms with Crippen LogP contribution in [0.1, 0.15) is 56.6 Å². The lowest BCUT2D eigenvalue weighted by molar-refractivity contribution is 0.394. The Balaban J connectivity index is 1.84. The van der Waals surface area contributed by atoms with Crippen molar-refractivity contribution in [2.45, 2.75) is 51.0 Å². The number of hydrogen-bond acceptors (Lipinski definition) is 1. The van der Waals surface area contributed by atoms with Crippen LogP contribution in [0.25, 0.3) is 10.8 Å². The summed E-state index contributed by atoms with van der Waals surface area (Å²) < 4.78 is 0. The average molecular weight is 302 g/mol. The van der Waals surface area contributed by atoms with Crippen LogP contribution >= 0.6 is 11.6 Å². The van der Waals surface area contributed by atoms with Crippen LogP contribution in [0.3, 0.4) is 0 Å². The summed E-state index contributed by atoms with van der Waals surface area (Å²) in [5, 5.41) is 3.15. The van der Waals surface area contributed by atoms with E-state index < -0.39 is 0 Å². The fourth-order valence-electron chi connectivity index (χ4n) is 3.69. The highest BCUT2D eigenvalue weighted by Crippen LogP contribution is 2.34. The summed E-state index contributed by atoms with van der Waals surface area (Å²) in [4.78, 5) is 0. The Morgan fingerprint density at radius 2 is 1.62 bits per heavy atom. The summed E-state index contributed by atoms with van der Waals surface area (Å²) in [7, 11) is 0. The number of halogens is 1. The normalized spacial score (nSPS) is 18.6. The molecule has 0 radical (unpaired) electrons. The molecule has 2 aromatic rings. The lowest BCUT2D eigenvalue weighted by Gasteiger charge is -2.21. The van der Waals surface area contributed by atoms with Crippen molar-refractivity contribution in [1.82, 2.24) is 0 Å². The van der Waals surface area contributed by atoms with Crippen LogP contribution in [-0.4, -0.2) is 0 Å². The fourth-order valence-corrected chi connectivity index (χ4v) is 3.92. The summed E-state index contributed by atoms with van der Waals surface area (Å²) >= 11 is 6.31. The lowest BCUT2D eigenvalue weighted by atomic mass is 9.88. The van der Waals surface area contributed by atoms with Crippen molar-refractivity contribution in [3.05, 3.63) is 47.0 Å². The molecule has 1 aliphatic rings. The van der Waals surface area contributed by atoms with E-state index in [0.717, 1.165) is 22.7 Å². The van der Waals surface area contributed by atoms with Gasteiger partial charge in [-0.15, -0.1) is 0 Å². The Morgan fingerprint density at radius 3 is 2.33 bits per heavy atom. The maximum Gasteiger partial charge on any atom is 0.0484 e. The molecule has 0 aromatic heterocycles. The zero-order valence-electron chi connectivity index (χ0n) is 12.5. The summed E-state index contributed by atoms with van der Waals surface area (Å²) in [5.74, 6) is 0.789. The van der Waals surface area contributed by atoms with Crippen molar-refractivity contribution < 1.29 is 0 Å². The zero-order valence-corrected chi connectivity index (χ0v) is 13.3. The molecule has 112 valence electrons. The molecule has 0 aliphatic heterocycles. The van der Waals surface area contributed by atoms with Gasteiger partial charge in [-0.3, -0.25) is 0 Å². The quantitative estimate of drug-likeness (QED) is 0.707. The van der Waals surface area contributed by atoms with Crippen LogP contribution in [0.15, 0.2) is 36.4 Å². The minimum atomic E-state index is 0.121. The number of nitrogens with two attached hydrogens (primary N) is 1. The molecule has 0 saturated heterocycles. The third kappa shape index (κ3) is 3.41. The van der Waals surface area contributed by atoms with Gasteiger partial charge in [0.15, 0.2) is 0 Å². The molecule has 1 atom stereocenters. The summed E-state index contributed by atoms with van der Waals surface area (Å²) in [5.41, 5.74) is 7.80. The Kier molecular flexibility index (Phi) is 4.82. The van der Waals surface area contributed by atoms with E-state index in [2.05, 4.69) is 24.3 Å². The molecule has 1 unspecified atom stereocenters. The van der Waals surface area contributed by atoms with Gasteiger partial charge in [0.05, 0.1) is 0 Å². The van der Waals surface area contributed by atoms with Crippen LogP contribution in [0, 0.1) is 5.92 Å². The molecule has 1 nitrogen and oxygen atoms in total. The Bertz CT molecular complexity index is 600. The first-order chi connectivity index (χ1) is 10.3. The number of rotatable bonds is 3. The number of hydrogen-bond donors (Lipinski definition) is 1. The first-order valence-electron chi connectivity index (χ1n) is 8.18. The van der Waals surface area contributed by atoms with E-state index in [1.807, 2.05) is 12.1 Å². The van der Waals surface area contributed by atoms with E-state index in [-0.39, 0.29) is 6.04 Å². The molecule has 1 saturated carbocycles. The van der Waals surface area contributed by atoms with Crippen molar-refractivity contribution in [3.63, 3.8) is 0 Å². The maximum absolute atomic E-state index is 6.55. The van der Waals surface area contributed by atoms with Gasteiger partial charge in [0, 0.05) is 16.5 Å². The van der Waals surface area contributed by atoms with Gasteiger partial charge in [-0.05, 0) is 29.4 Å². The van der Waals surface area contributed by atoms with E-state index in [0.29, 0.717) is 0 Å². The van der Waals surface area contributed by atoms with E-state index in [1.165, 1.54) is 49.5 Å². The number of fused-ring (bicyclic) bond motifs is 1. The molecule has 2 N–H and O–H groups in total. The predicted octanol–water partition coefficient (Wildman–Crippen LogP) is 5.85. The van der Waals surface area contributed by atoms with Gasteiger partial charge in [-0.25, -0.2) is 0 Å². The second-order valence-corrected chi connectivity index (χ2v) is 6.79. The molecular formula is C19H24ClN. The van der Waals surface area contributed by atoms with Gasteiger partial charge < -0.3 is 5.73 Å². The van der Waals surface area contributed by atoms with Gasteiger partial charge in [-0.1, -0.05) is 80.5 Å². The van der Waals surface area contributed by atoms with E-state index in [4.69, 9.17) is 17.3 Å². The summed E-state index contributed by atoms with van der Waals surface area (Å²) in [6.07, 6.45) is 9.34. The zero-order chi connectivity index (χ0) is 14.7. The molecule has 1 aliphatic carbocycles. The highest BCUT2D eigenvalue weighted by Gasteiger charge is 2.18. The van der Waals surface area contributed by atoms with Crippen molar-refractivity contribution in [2.75, 3.05) is 0 Å². The Labute approximate surface area is 132 Å². The first-order valence-corrected chi connectivity index (χ1v) is 8.56. The maximum atomic E-state index is 6.55. The molecule has 0 amide bonds. The van der Waals surface area contributed by atoms with E-state index in [9.17, 15) is 0 Å². The molecule has 0 spiro atoms. The Hall–Kier alpha value is -1.05. The molecule has 2 heteroatoms. The van der Waals surface area contributed by atoms with Gasteiger partial charge in [-0.2, -0.15) is 0 Å². The van der Waals surface area contributed by atoms with Crippen LogP contribution in [0.5, 0.6) is 0 Å². The topological polar surface area (TPSA) is 26.0 Å². The van der Waals surface area contributed by atoms with Crippen LogP contribution in [-0.2, 0) is 0 Å². The SMILES string of the molecule is NC(CC1CCCCCC1)c1ccc(Cl)c2ccccc12. The van der Waals surface area contributed by atoms with Gasteiger partial charge in [0.1, 0.15) is 0 Å². The van der Waals surface area contributed by atoms with E-state index >= 15 is 0 Å². The molecular weight excluding hydrogens is 278 g/mol. The second-order valence-electron chi connectivity index (χ2n) is 6.38. The monoisotopic (exact) mass is 301 g/mol. The Morgan fingerprint density at radius 1 is 0.952 bits per heavy atom.